The summed E-state index contributed by atoms with van der Waals surface area (Å²) < 4.78 is 1.63. The Morgan fingerprint density at radius 1 is 1.24 bits per heavy atom. The predicted octanol–water partition coefficient (Wildman–Crippen LogP) is 3.06. The Morgan fingerprint density at radius 3 is 2.45 bits per heavy atom. The number of hydrogen-bond acceptors (Lipinski definition) is 5. The molecular weight excluding hydrogens is 370 g/mol. The molecule has 1 N–H and O–H groups in total. The molecule has 1 saturated heterocycles. The number of aryl methyl sites for hydroxylation is 1. The fourth-order valence-corrected chi connectivity index (χ4v) is 3.93. The summed E-state index contributed by atoms with van der Waals surface area (Å²) in [5.41, 5.74) is 2.57. The van der Waals surface area contributed by atoms with Gasteiger partial charge in [-0.15, -0.1) is 0 Å². The van der Waals surface area contributed by atoms with Crippen LogP contribution in [-0.4, -0.2) is 51.2 Å². The fourth-order valence-electron chi connectivity index (χ4n) is 3.93. The van der Waals surface area contributed by atoms with E-state index in [-0.39, 0.29) is 17.6 Å². The van der Waals surface area contributed by atoms with Crippen molar-refractivity contribution in [1.29, 1.82) is 0 Å². The van der Waals surface area contributed by atoms with Crippen LogP contribution >= 0.6 is 0 Å². The average Bonchev–Trinajstić information content (AvgIpc) is 2.97. The molecule has 0 spiro atoms. The van der Waals surface area contributed by atoms with Crippen molar-refractivity contribution in [2.75, 3.05) is 19.6 Å². The number of amides is 1. The van der Waals surface area contributed by atoms with Gasteiger partial charge in [-0.2, -0.15) is 5.10 Å². The number of benzene rings is 1. The Bertz CT molecular complexity index is 867. The Kier molecular flexibility index (Phi) is 6.64. The molecular formula is C21H29N5O3. The second-order valence-corrected chi connectivity index (χ2v) is 7.72. The lowest BCUT2D eigenvalue weighted by Crippen LogP contribution is -2.44. The van der Waals surface area contributed by atoms with Gasteiger partial charge in [-0.25, -0.2) is 0 Å². The van der Waals surface area contributed by atoms with E-state index in [9.17, 15) is 14.9 Å². The molecule has 0 saturated carbocycles. The van der Waals surface area contributed by atoms with E-state index in [0.29, 0.717) is 23.5 Å². The normalized spacial score (nSPS) is 15.4. The molecule has 1 aromatic heterocycles. The molecule has 0 bridgehead atoms. The molecule has 0 atom stereocenters. The number of aromatic nitrogens is 2. The first-order valence-electron chi connectivity index (χ1n) is 10.2. The summed E-state index contributed by atoms with van der Waals surface area (Å²) in [6.45, 7) is 9.15. The van der Waals surface area contributed by atoms with Gasteiger partial charge >= 0.3 is 5.69 Å². The Hall–Kier alpha value is -2.74. The summed E-state index contributed by atoms with van der Waals surface area (Å²) in [5.74, 6) is -0.0488. The van der Waals surface area contributed by atoms with Gasteiger partial charge in [0.05, 0.1) is 11.5 Å². The second-order valence-electron chi connectivity index (χ2n) is 7.72. The van der Waals surface area contributed by atoms with Gasteiger partial charge in [0.25, 0.3) is 5.91 Å². The minimum absolute atomic E-state index is 0.0488. The first kappa shape index (κ1) is 21.0. The third-order valence-electron chi connectivity index (χ3n) is 5.54. The fraction of sp³-hybridized carbons (Fsp3) is 0.524. The minimum Gasteiger partial charge on any atom is -0.349 e. The maximum Gasteiger partial charge on any atom is 0.312 e. The molecule has 3 rings (SSSR count). The SMILES string of the molecule is CCCN1CCC(NC(=O)c2ccc(Cn3nc(C)c([N+](=O)[O-])c3C)cc2)CC1. The van der Waals surface area contributed by atoms with E-state index in [1.807, 2.05) is 12.1 Å². The summed E-state index contributed by atoms with van der Waals surface area (Å²) in [5, 5.41) is 18.6. The van der Waals surface area contributed by atoms with Crippen molar-refractivity contribution < 1.29 is 9.72 Å². The van der Waals surface area contributed by atoms with Gasteiger partial charge < -0.3 is 10.2 Å². The molecule has 2 aromatic rings. The maximum atomic E-state index is 12.5. The zero-order valence-electron chi connectivity index (χ0n) is 17.4. The molecule has 1 aliphatic heterocycles. The average molecular weight is 399 g/mol. The van der Waals surface area contributed by atoms with Crippen molar-refractivity contribution in [3.8, 4) is 0 Å². The smallest absolute Gasteiger partial charge is 0.312 e. The number of likely N-dealkylation sites (tertiary alicyclic amines) is 1. The monoisotopic (exact) mass is 399 g/mol. The number of nitro groups is 1. The third kappa shape index (κ3) is 5.00. The van der Waals surface area contributed by atoms with Crippen LogP contribution in [0.1, 0.15) is 53.5 Å². The van der Waals surface area contributed by atoms with Crippen LogP contribution in [0.5, 0.6) is 0 Å². The first-order valence-corrected chi connectivity index (χ1v) is 10.2. The molecule has 2 heterocycles. The van der Waals surface area contributed by atoms with Crippen LogP contribution < -0.4 is 5.32 Å². The van der Waals surface area contributed by atoms with Gasteiger partial charge in [0.15, 0.2) is 0 Å². The topological polar surface area (TPSA) is 93.3 Å². The van der Waals surface area contributed by atoms with Gasteiger partial charge in [0.2, 0.25) is 0 Å². The largest absolute Gasteiger partial charge is 0.349 e. The third-order valence-corrected chi connectivity index (χ3v) is 5.54. The molecule has 1 fully saturated rings. The molecule has 1 amide bonds. The summed E-state index contributed by atoms with van der Waals surface area (Å²) >= 11 is 0. The Morgan fingerprint density at radius 2 is 1.90 bits per heavy atom. The summed E-state index contributed by atoms with van der Waals surface area (Å²) in [6, 6.07) is 7.58. The van der Waals surface area contributed by atoms with Crippen LogP contribution in [0.15, 0.2) is 24.3 Å². The minimum atomic E-state index is -0.395. The highest BCUT2D eigenvalue weighted by atomic mass is 16.6. The number of rotatable bonds is 7. The van der Waals surface area contributed by atoms with Crippen LogP contribution in [0.4, 0.5) is 5.69 Å². The highest BCUT2D eigenvalue weighted by Crippen LogP contribution is 2.22. The summed E-state index contributed by atoms with van der Waals surface area (Å²) in [4.78, 5) is 25.7. The summed E-state index contributed by atoms with van der Waals surface area (Å²) in [6.07, 6.45) is 3.13. The molecule has 0 unspecified atom stereocenters. The van der Waals surface area contributed by atoms with Crippen molar-refractivity contribution in [3.63, 3.8) is 0 Å². The zero-order valence-corrected chi connectivity index (χ0v) is 17.4. The standard InChI is InChI=1S/C21H29N5O3/c1-4-11-24-12-9-19(10-13-24)22-21(27)18-7-5-17(6-8-18)14-25-16(3)20(26(28)29)15(2)23-25/h5-8,19H,4,9-14H2,1-3H3,(H,22,27). The van der Waals surface area contributed by atoms with Crippen molar-refractivity contribution in [3.05, 3.63) is 56.9 Å². The molecule has 8 heteroatoms. The molecule has 0 aliphatic carbocycles. The van der Waals surface area contributed by atoms with Crippen molar-refractivity contribution >= 4 is 11.6 Å². The first-order chi connectivity index (χ1) is 13.9. The number of nitrogens with zero attached hydrogens (tertiary/aromatic N) is 4. The quantitative estimate of drug-likeness (QED) is 0.570. The number of carbonyl (C=O) groups excluding carboxylic acids is 1. The van der Waals surface area contributed by atoms with Crippen LogP contribution in [0.2, 0.25) is 0 Å². The second kappa shape index (κ2) is 9.17. The highest BCUT2D eigenvalue weighted by Gasteiger charge is 2.22. The molecule has 29 heavy (non-hydrogen) atoms. The number of piperidine rings is 1. The lowest BCUT2D eigenvalue weighted by molar-refractivity contribution is -0.386. The van der Waals surface area contributed by atoms with Gasteiger partial charge in [-0.05, 0) is 57.4 Å². The summed E-state index contributed by atoms with van der Waals surface area (Å²) in [7, 11) is 0. The van der Waals surface area contributed by atoms with Crippen molar-refractivity contribution in [1.82, 2.24) is 20.0 Å². The van der Waals surface area contributed by atoms with E-state index in [1.165, 1.54) is 0 Å². The van der Waals surface area contributed by atoms with Gasteiger partial charge in [0, 0.05) is 24.7 Å². The van der Waals surface area contributed by atoms with Crippen molar-refractivity contribution in [2.45, 2.75) is 52.6 Å². The molecule has 1 aromatic carbocycles. The van der Waals surface area contributed by atoms with Crippen LogP contribution in [0.25, 0.3) is 0 Å². The van der Waals surface area contributed by atoms with Gasteiger partial charge in [0.1, 0.15) is 11.4 Å². The molecule has 0 radical (unpaired) electrons. The van der Waals surface area contributed by atoms with Crippen LogP contribution in [0, 0.1) is 24.0 Å². The van der Waals surface area contributed by atoms with E-state index in [1.54, 1.807) is 30.7 Å². The predicted molar refractivity (Wildman–Crippen MR) is 111 cm³/mol. The lowest BCUT2D eigenvalue weighted by atomic mass is 10.0. The zero-order chi connectivity index (χ0) is 21.0. The molecule has 8 nitrogen and oxygen atoms in total. The van der Waals surface area contributed by atoms with Gasteiger partial charge in [-0.1, -0.05) is 19.1 Å². The molecule has 1 aliphatic rings. The van der Waals surface area contributed by atoms with E-state index in [2.05, 4.69) is 22.2 Å². The van der Waals surface area contributed by atoms with Gasteiger partial charge in [-0.3, -0.25) is 19.6 Å². The lowest BCUT2D eigenvalue weighted by Gasteiger charge is -2.32. The number of nitrogens with one attached hydrogen (secondary N) is 1. The number of carbonyl (C=O) groups is 1. The van der Waals surface area contributed by atoms with E-state index < -0.39 is 4.92 Å². The molecule has 156 valence electrons. The van der Waals surface area contributed by atoms with E-state index in [4.69, 9.17) is 0 Å². The Labute approximate surface area is 171 Å². The van der Waals surface area contributed by atoms with Crippen molar-refractivity contribution in [2.24, 2.45) is 0 Å². The number of hydrogen-bond donors (Lipinski definition) is 1. The van der Waals surface area contributed by atoms with E-state index >= 15 is 0 Å². The Balaban J connectivity index is 1.58. The highest BCUT2D eigenvalue weighted by molar-refractivity contribution is 5.94. The van der Waals surface area contributed by atoms with Crippen LogP contribution in [-0.2, 0) is 6.54 Å². The van der Waals surface area contributed by atoms with E-state index in [0.717, 1.165) is 44.5 Å². The maximum absolute atomic E-state index is 12.5. The van der Waals surface area contributed by atoms with Crippen LogP contribution in [0.3, 0.4) is 0 Å².